The molecule has 17 atom stereocenters. The zero-order chi connectivity index (χ0) is 35.9. The van der Waals surface area contributed by atoms with E-state index in [1.54, 1.807) is 0 Å². The van der Waals surface area contributed by atoms with Crippen molar-refractivity contribution in [2.24, 2.45) is 56.7 Å². The van der Waals surface area contributed by atoms with E-state index in [1.807, 2.05) is 20.8 Å². The summed E-state index contributed by atoms with van der Waals surface area (Å²) in [7, 11) is 0. The van der Waals surface area contributed by atoms with Crippen LogP contribution in [0, 0.1) is 56.7 Å². The van der Waals surface area contributed by atoms with Crippen LogP contribution in [-0.2, 0) is 18.9 Å². The van der Waals surface area contributed by atoms with Crippen LogP contribution in [0.25, 0.3) is 0 Å². The maximum Gasteiger partial charge on any atom is 0.170 e. The van der Waals surface area contributed by atoms with E-state index in [4.69, 9.17) is 18.9 Å². The maximum atomic E-state index is 12.7. The quantitative estimate of drug-likeness (QED) is 0.276. The molecule has 0 aromatic rings. The Morgan fingerprint density at radius 3 is 2.45 bits per heavy atom. The van der Waals surface area contributed by atoms with Gasteiger partial charge in [0.2, 0.25) is 0 Å². The highest BCUT2D eigenvalue weighted by Crippen LogP contribution is 2.89. The number of aliphatic hydroxyl groups is 2. The van der Waals surface area contributed by atoms with E-state index in [-0.39, 0.29) is 40.8 Å². The summed E-state index contributed by atoms with van der Waals surface area (Å²) in [6, 6.07) is 1.48. The van der Waals surface area contributed by atoms with Crippen LogP contribution in [0.4, 0.5) is 0 Å². The second-order valence-corrected chi connectivity index (χ2v) is 21.3. The smallest absolute Gasteiger partial charge is 0.170 e. The second-order valence-electron chi connectivity index (χ2n) is 21.3. The van der Waals surface area contributed by atoms with Crippen LogP contribution < -0.4 is 5.32 Å². The van der Waals surface area contributed by atoms with Crippen LogP contribution in [0.1, 0.15) is 126 Å². The van der Waals surface area contributed by atoms with Crippen LogP contribution in [0.3, 0.4) is 0 Å². The van der Waals surface area contributed by atoms with Gasteiger partial charge in [0.15, 0.2) is 6.29 Å². The summed E-state index contributed by atoms with van der Waals surface area (Å²) in [6.07, 6.45) is 12.3. The predicted molar refractivity (Wildman–Crippen MR) is 197 cm³/mol. The standard InChI is InChI=1S/C43H72N2O6/c1-9-48-37(39(5,6)47)29-20-25(2)34-35(50-29)36(46)41(8)31-13-12-30-38(3,4)32(14-15-42(30)24-43(31,42)17-16-40(34,41)7)51-33-23-45(18-19-49-33)22-26-21-27-10-11-28(26)44-27/h25-37,44,46-47H,9-24H2,1-8H3/t25-,26?,27?,28?,29?,30+,31?,32+,33+,34+,35?,36+,37+,40-,41-,42-,43+/m1/s1. The average Bonchev–Trinajstić information content (AvgIpc) is 3.26. The van der Waals surface area contributed by atoms with Crippen molar-refractivity contribution in [3.63, 3.8) is 0 Å². The largest absolute Gasteiger partial charge is 0.390 e. The molecule has 0 aromatic carbocycles. The molecular weight excluding hydrogens is 640 g/mol. The van der Waals surface area contributed by atoms with Crippen molar-refractivity contribution < 1.29 is 29.2 Å². The third-order valence-electron chi connectivity index (χ3n) is 18.5. The van der Waals surface area contributed by atoms with Gasteiger partial charge < -0.3 is 34.5 Å². The van der Waals surface area contributed by atoms with E-state index < -0.39 is 17.8 Å². The Morgan fingerprint density at radius 1 is 0.980 bits per heavy atom. The molecule has 8 heteroatoms. The fourth-order valence-corrected chi connectivity index (χ4v) is 16.3. The molecule has 6 unspecified atom stereocenters. The van der Waals surface area contributed by atoms with E-state index >= 15 is 0 Å². The van der Waals surface area contributed by atoms with Crippen molar-refractivity contribution >= 4 is 0 Å². The molecule has 2 spiro atoms. The summed E-state index contributed by atoms with van der Waals surface area (Å²) in [4.78, 5) is 2.64. The van der Waals surface area contributed by atoms with Gasteiger partial charge in [0, 0.05) is 43.7 Å². The van der Waals surface area contributed by atoms with Crippen molar-refractivity contribution in [2.75, 3.05) is 32.8 Å². The Labute approximate surface area is 308 Å². The van der Waals surface area contributed by atoms with Gasteiger partial charge in [-0.3, -0.25) is 4.90 Å². The van der Waals surface area contributed by atoms with E-state index in [1.165, 1.54) is 64.3 Å². The van der Waals surface area contributed by atoms with Crippen molar-refractivity contribution in [1.82, 2.24) is 10.2 Å². The number of fused-ring (bicyclic) bond motifs is 6. The van der Waals surface area contributed by atoms with Gasteiger partial charge in [-0.25, -0.2) is 0 Å². The predicted octanol–water partition coefficient (Wildman–Crippen LogP) is 6.16. The topological polar surface area (TPSA) is 92.7 Å². The minimum absolute atomic E-state index is 0.0258. The molecule has 5 aliphatic carbocycles. The number of nitrogens with one attached hydrogen (secondary N) is 1. The van der Waals surface area contributed by atoms with Gasteiger partial charge in [-0.1, -0.05) is 34.6 Å². The molecule has 9 fully saturated rings. The number of hydrogen-bond donors (Lipinski definition) is 3. The lowest BCUT2D eigenvalue weighted by Crippen LogP contribution is -2.60. The molecule has 9 aliphatic rings. The van der Waals surface area contributed by atoms with Crippen molar-refractivity contribution in [3.05, 3.63) is 0 Å². The van der Waals surface area contributed by atoms with Crippen molar-refractivity contribution in [2.45, 2.75) is 181 Å². The summed E-state index contributed by atoms with van der Waals surface area (Å²) < 4.78 is 26.5. The summed E-state index contributed by atoms with van der Waals surface area (Å²) in [5.74, 6) is 2.65. The molecule has 3 N–H and O–H groups in total. The van der Waals surface area contributed by atoms with Crippen molar-refractivity contribution in [1.29, 1.82) is 0 Å². The summed E-state index contributed by atoms with van der Waals surface area (Å²) in [6.45, 7) is 22.5. The van der Waals surface area contributed by atoms with Crippen molar-refractivity contribution in [3.8, 4) is 0 Å². The Kier molecular flexibility index (Phi) is 8.61. The van der Waals surface area contributed by atoms with Crippen LogP contribution in [0.15, 0.2) is 0 Å². The molecule has 0 radical (unpaired) electrons. The first-order chi connectivity index (χ1) is 24.1. The van der Waals surface area contributed by atoms with Crippen LogP contribution in [-0.4, -0.2) is 102 Å². The molecule has 5 saturated carbocycles. The molecule has 4 saturated heterocycles. The van der Waals surface area contributed by atoms with Crippen LogP contribution in [0.2, 0.25) is 0 Å². The minimum atomic E-state index is -1.01. The molecule has 8 nitrogen and oxygen atoms in total. The SMILES string of the molecule is CCO[C@@H](C1C[C@@H](C)[C@H]2C(O1)[C@H](O)[C@@]1(C)C3CC[C@H]4C(C)(C)[C@@H](O[C@H]5CN(CC6CC7CCC6N7)CCO5)CC[C@@]45C[C@@]35CC[C@]21C)C(C)(C)O. The first-order valence-electron chi connectivity index (χ1n) is 21.5. The second kappa shape index (κ2) is 12.1. The third-order valence-corrected chi connectivity index (χ3v) is 18.5. The van der Waals surface area contributed by atoms with Gasteiger partial charge in [0.1, 0.15) is 6.10 Å². The number of ether oxygens (including phenoxy) is 4. The van der Waals surface area contributed by atoms with Gasteiger partial charge >= 0.3 is 0 Å². The summed E-state index contributed by atoms with van der Waals surface area (Å²) in [5.41, 5.74) is -0.409. The summed E-state index contributed by atoms with van der Waals surface area (Å²) >= 11 is 0. The fraction of sp³-hybridized carbons (Fsp3) is 1.00. The van der Waals surface area contributed by atoms with Gasteiger partial charge in [-0.15, -0.1) is 0 Å². The van der Waals surface area contributed by atoms with Gasteiger partial charge in [0.05, 0.1) is 36.6 Å². The molecular formula is C43H72N2O6. The van der Waals surface area contributed by atoms with E-state index in [0.717, 1.165) is 50.5 Å². The van der Waals surface area contributed by atoms with Gasteiger partial charge in [-0.2, -0.15) is 0 Å². The molecule has 4 aliphatic heterocycles. The highest BCUT2D eigenvalue weighted by molar-refractivity contribution is 5.33. The van der Waals surface area contributed by atoms with Crippen LogP contribution in [0.5, 0.6) is 0 Å². The number of nitrogens with zero attached hydrogens (tertiary/aromatic N) is 1. The highest BCUT2D eigenvalue weighted by atomic mass is 16.7. The number of aliphatic hydroxyl groups excluding tert-OH is 1. The molecule has 290 valence electrons. The third kappa shape index (κ3) is 5.04. The zero-order valence-corrected chi connectivity index (χ0v) is 33.3. The van der Waals surface area contributed by atoms with E-state index in [0.29, 0.717) is 41.1 Å². The van der Waals surface area contributed by atoms with E-state index in [9.17, 15) is 10.2 Å². The zero-order valence-electron chi connectivity index (χ0n) is 33.3. The first kappa shape index (κ1) is 36.3. The Bertz CT molecular complexity index is 1340. The van der Waals surface area contributed by atoms with E-state index in [2.05, 4.69) is 44.8 Å². The molecule has 0 amide bonds. The lowest BCUT2D eigenvalue weighted by atomic mass is 9.41. The lowest BCUT2D eigenvalue weighted by molar-refractivity contribution is -0.249. The Balaban J connectivity index is 0.911. The summed E-state index contributed by atoms with van der Waals surface area (Å²) in [5, 5.41) is 27.6. The molecule has 2 bridgehead atoms. The molecule has 51 heavy (non-hydrogen) atoms. The maximum absolute atomic E-state index is 12.7. The molecule has 9 rings (SSSR count). The number of morpholine rings is 1. The number of hydrogen-bond acceptors (Lipinski definition) is 8. The molecule has 4 heterocycles. The first-order valence-corrected chi connectivity index (χ1v) is 21.5. The Hall–Kier alpha value is -0.320. The normalized spacial score (nSPS) is 54.9. The minimum Gasteiger partial charge on any atom is -0.390 e. The van der Waals surface area contributed by atoms with Crippen LogP contribution >= 0.6 is 0 Å². The van der Waals surface area contributed by atoms with Gasteiger partial charge in [-0.05, 0) is 143 Å². The fourth-order valence-electron chi connectivity index (χ4n) is 16.3. The molecule has 0 aromatic heterocycles. The van der Waals surface area contributed by atoms with Gasteiger partial charge in [0.25, 0.3) is 0 Å². The average molecular weight is 713 g/mol. The highest BCUT2D eigenvalue weighted by Gasteiger charge is 2.84. The monoisotopic (exact) mass is 713 g/mol. The lowest BCUT2D eigenvalue weighted by Gasteiger charge is -2.64. The number of rotatable bonds is 8. The Morgan fingerprint density at radius 2 is 1.75 bits per heavy atom.